The molecule has 4 nitrogen and oxygen atoms in total. The molecule has 0 bridgehead atoms. The predicted molar refractivity (Wildman–Crippen MR) is 80.1 cm³/mol. The number of ketones is 1. The molecule has 1 aliphatic rings. The summed E-state index contributed by atoms with van der Waals surface area (Å²) in [5.41, 5.74) is 1.14. The lowest BCUT2D eigenvalue weighted by Gasteiger charge is -2.34. The fraction of sp³-hybridized carbons (Fsp3) is 0.500. The lowest BCUT2D eigenvalue weighted by atomic mass is 9.83. The molecule has 2 N–H and O–H groups in total. The SMILES string of the molecule is CC(=O)c1cccc(NC(=O)NC2(C)CCCCC2)c1. The minimum atomic E-state index is -0.199. The van der Waals surface area contributed by atoms with Crippen LogP contribution in [0.4, 0.5) is 10.5 Å². The van der Waals surface area contributed by atoms with Gasteiger partial charge in [0.1, 0.15) is 0 Å². The predicted octanol–water partition coefficient (Wildman–Crippen LogP) is 3.73. The molecular formula is C16H22N2O2. The van der Waals surface area contributed by atoms with E-state index in [1.807, 2.05) is 0 Å². The summed E-state index contributed by atoms with van der Waals surface area (Å²) in [5, 5.41) is 5.86. The molecule has 1 aromatic carbocycles. The van der Waals surface area contributed by atoms with Crippen molar-refractivity contribution < 1.29 is 9.59 Å². The summed E-state index contributed by atoms with van der Waals surface area (Å²) < 4.78 is 0. The number of urea groups is 1. The fourth-order valence-corrected chi connectivity index (χ4v) is 2.71. The summed E-state index contributed by atoms with van der Waals surface area (Å²) in [6, 6.07) is 6.80. The highest BCUT2D eigenvalue weighted by molar-refractivity contribution is 5.96. The quantitative estimate of drug-likeness (QED) is 0.825. The molecule has 1 fully saturated rings. The molecule has 1 aromatic rings. The van der Waals surface area contributed by atoms with Crippen LogP contribution in [0.2, 0.25) is 0 Å². The Labute approximate surface area is 119 Å². The van der Waals surface area contributed by atoms with Gasteiger partial charge in [-0.2, -0.15) is 0 Å². The van der Waals surface area contributed by atoms with Crippen molar-refractivity contribution in [1.82, 2.24) is 5.32 Å². The van der Waals surface area contributed by atoms with Crippen LogP contribution in [-0.4, -0.2) is 17.4 Å². The Kier molecular flexibility index (Phi) is 4.42. The second-order valence-electron chi connectivity index (χ2n) is 5.84. The second-order valence-corrected chi connectivity index (χ2v) is 5.84. The number of nitrogens with one attached hydrogen (secondary N) is 2. The van der Waals surface area contributed by atoms with Crippen molar-refractivity contribution in [2.45, 2.75) is 51.5 Å². The van der Waals surface area contributed by atoms with Gasteiger partial charge in [-0.3, -0.25) is 4.79 Å². The van der Waals surface area contributed by atoms with Crippen LogP contribution in [0.1, 0.15) is 56.3 Å². The van der Waals surface area contributed by atoms with Crippen molar-refractivity contribution in [3.8, 4) is 0 Å². The lowest BCUT2D eigenvalue weighted by molar-refractivity contribution is 0.101. The van der Waals surface area contributed by atoms with Gasteiger partial charge in [-0.25, -0.2) is 4.79 Å². The Morgan fingerprint density at radius 2 is 1.85 bits per heavy atom. The number of benzene rings is 1. The number of anilines is 1. The maximum atomic E-state index is 12.1. The monoisotopic (exact) mass is 274 g/mol. The van der Waals surface area contributed by atoms with E-state index in [-0.39, 0.29) is 17.4 Å². The van der Waals surface area contributed by atoms with Crippen molar-refractivity contribution in [3.05, 3.63) is 29.8 Å². The molecule has 0 saturated heterocycles. The third kappa shape index (κ3) is 3.83. The molecule has 4 heteroatoms. The second kappa shape index (κ2) is 6.07. The Morgan fingerprint density at radius 1 is 1.15 bits per heavy atom. The van der Waals surface area contributed by atoms with E-state index in [1.165, 1.54) is 13.3 Å². The van der Waals surface area contributed by atoms with Gasteiger partial charge >= 0.3 is 6.03 Å². The highest BCUT2D eigenvalue weighted by Gasteiger charge is 2.28. The van der Waals surface area contributed by atoms with E-state index < -0.39 is 0 Å². The fourth-order valence-electron chi connectivity index (χ4n) is 2.71. The summed E-state index contributed by atoms with van der Waals surface area (Å²) in [6.07, 6.45) is 5.62. The molecule has 0 heterocycles. The van der Waals surface area contributed by atoms with E-state index >= 15 is 0 Å². The zero-order valence-corrected chi connectivity index (χ0v) is 12.2. The molecule has 0 aromatic heterocycles. The zero-order chi connectivity index (χ0) is 14.6. The van der Waals surface area contributed by atoms with Crippen molar-refractivity contribution in [3.63, 3.8) is 0 Å². The molecular weight excluding hydrogens is 252 g/mol. The first-order valence-electron chi connectivity index (χ1n) is 7.19. The van der Waals surface area contributed by atoms with Crippen LogP contribution in [-0.2, 0) is 0 Å². The van der Waals surface area contributed by atoms with Crippen molar-refractivity contribution >= 4 is 17.5 Å². The molecule has 0 spiro atoms. The molecule has 20 heavy (non-hydrogen) atoms. The minimum Gasteiger partial charge on any atom is -0.333 e. The summed E-state index contributed by atoms with van der Waals surface area (Å²) in [4.78, 5) is 23.4. The van der Waals surface area contributed by atoms with Crippen LogP contribution in [0.3, 0.4) is 0 Å². The zero-order valence-electron chi connectivity index (χ0n) is 12.2. The number of Topliss-reactive ketones (excluding diaryl/α,β-unsaturated/α-hetero) is 1. The molecule has 1 saturated carbocycles. The molecule has 2 rings (SSSR count). The Morgan fingerprint density at radius 3 is 2.50 bits per heavy atom. The van der Waals surface area contributed by atoms with Gasteiger partial charge in [0.25, 0.3) is 0 Å². The first kappa shape index (κ1) is 14.6. The Hall–Kier alpha value is -1.84. The average molecular weight is 274 g/mol. The van der Waals surface area contributed by atoms with Gasteiger partial charge in [-0.1, -0.05) is 31.4 Å². The van der Waals surface area contributed by atoms with Crippen LogP contribution in [0.5, 0.6) is 0 Å². The number of hydrogen-bond acceptors (Lipinski definition) is 2. The summed E-state index contributed by atoms with van der Waals surface area (Å²) in [6.45, 7) is 3.61. The Balaban J connectivity index is 1.97. The van der Waals surface area contributed by atoms with Crippen molar-refractivity contribution in [1.29, 1.82) is 0 Å². The maximum Gasteiger partial charge on any atom is 0.319 e. The van der Waals surface area contributed by atoms with Crippen molar-refractivity contribution in [2.24, 2.45) is 0 Å². The smallest absolute Gasteiger partial charge is 0.319 e. The molecule has 1 aliphatic carbocycles. The number of carbonyl (C=O) groups is 2. The molecule has 108 valence electrons. The lowest BCUT2D eigenvalue weighted by Crippen LogP contribution is -2.48. The maximum absolute atomic E-state index is 12.1. The van der Waals surface area contributed by atoms with Gasteiger partial charge in [-0.05, 0) is 38.8 Å². The van der Waals surface area contributed by atoms with E-state index in [0.717, 1.165) is 25.7 Å². The largest absolute Gasteiger partial charge is 0.333 e. The highest BCUT2D eigenvalue weighted by Crippen LogP contribution is 2.27. The standard InChI is InChI=1S/C16H22N2O2/c1-12(19)13-7-6-8-14(11-13)17-15(20)18-16(2)9-4-3-5-10-16/h6-8,11H,3-5,9-10H2,1-2H3,(H2,17,18,20). The van der Waals surface area contributed by atoms with E-state index in [2.05, 4.69) is 17.6 Å². The Bertz CT molecular complexity index is 505. The third-order valence-electron chi connectivity index (χ3n) is 3.90. The molecule has 2 amide bonds. The van der Waals surface area contributed by atoms with E-state index in [4.69, 9.17) is 0 Å². The summed E-state index contributed by atoms with van der Waals surface area (Å²) >= 11 is 0. The van der Waals surface area contributed by atoms with Crippen LogP contribution < -0.4 is 10.6 Å². The van der Waals surface area contributed by atoms with Crippen LogP contribution in [0.25, 0.3) is 0 Å². The average Bonchev–Trinajstić information content (AvgIpc) is 2.39. The van der Waals surface area contributed by atoms with Crippen LogP contribution in [0, 0.1) is 0 Å². The molecule has 0 atom stereocenters. The molecule has 0 radical (unpaired) electrons. The van der Waals surface area contributed by atoms with E-state index in [0.29, 0.717) is 11.3 Å². The number of carbonyl (C=O) groups excluding carboxylic acids is 2. The number of amides is 2. The van der Waals surface area contributed by atoms with E-state index in [1.54, 1.807) is 24.3 Å². The summed E-state index contributed by atoms with van der Waals surface area (Å²) in [5.74, 6) is -0.00620. The highest BCUT2D eigenvalue weighted by atomic mass is 16.2. The van der Waals surface area contributed by atoms with Gasteiger partial charge in [0.2, 0.25) is 0 Å². The van der Waals surface area contributed by atoms with Gasteiger partial charge in [0, 0.05) is 16.8 Å². The topological polar surface area (TPSA) is 58.2 Å². The molecule has 0 aliphatic heterocycles. The summed E-state index contributed by atoms with van der Waals surface area (Å²) in [7, 11) is 0. The normalized spacial score (nSPS) is 17.3. The van der Waals surface area contributed by atoms with E-state index in [9.17, 15) is 9.59 Å². The third-order valence-corrected chi connectivity index (χ3v) is 3.90. The number of rotatable bonds is 3. The van der Waals surface area contributed by atoms with Gasteiger partial charge in [0.05, 0.1) is 0 Å². The van der Waals surface area contributed by atoms with Crippen LogP contribution in [0.15, 0.2) is 24.3 Å². The van der Waals surface area contributed by atoms with Gasteiger partial charge in [0.15, 0.2) is 5.78 Å². The van der Waals surface area contributed by atoms with Gasteiger partial charge < -0.3 is 10.6 Å². The molecule has 0 unspecified atom stereocenters. The van der Waals surface area contributed by atoms with Crippen molar-refractivity contribution in [2.75, 3.05) is 5.32 Å². The first-order chi connectivity index (χ1) is 9.48. The number of hydrogen-bond donors (Lipinski definition) is 2. The van der Waals surface area contributed by atoms with Gasteiger partial charge in [-0.15, -0.1) is 0 Å². The first-order valence-corrected chi connectivity index (χ1v) is 7.19. The van der Waals surface area contributed by atoms with Crippen LogP contribution >= 0.6 is 0 Å². The minimum absolute atomic E-state index is 0.00620.